The molecule has 0 amide bonds. The van der Waals surface area contributed by atoms with Crippen molar-refractivity contribution in [3.05, 3.63) is 59.7 Å². The molecule has 0 spiro atoms. The van der Waals surface area contributed by atoms with Gasteiger partial charge in [-0.3, -0.25) is 0 Å². The molecule has 0 heterocycles. The largest absolute Gasteiger partial charge is 0.491 e. The quantitative estimate of drug-likeness (QED) is 0.479. The number of carbonyl (C=O) groups excluding carboxylic acids is 1. The number of nitrogen functional groups attached to an aromatic ring is 1. The summed E-state index contributed by atoms with van der Waals surface area (Å²) in [7, 11) is 0. The van der Waals surface area contributed by atoms with Crippen LogP contribution >= 0.6 is 0 Å². The van der Waals surface area contributed by atoms with Gasteiger partial charge < -0.3 is 15.2 Å². The highest BCUT2D eigenvalue weighted by atomic mass is 16.5. The number of benzene rings is 2. The Morgan fingerprint density at radius 1 is 1.13 bits per heavy atom. The lowest BCUT2D eigenvalue weighted by Gasteiger charge is -2.12. The van der Waals surface area contributed by atoms with Crippen molar-refractivity contribution in [3.8, 4) is 5.75 Å². The minimum absolute atomic E-state index is 0.157. The molecule has 0 aliphatic heterocycles. The van der Waals surface area contributed by atoms with Crippen LogP contribution in [0.25, 0.3) is 0 Å². The Bertz CT molecular complexity index is 638. The first-order chi connectivity index (χ1) is 11.1. The third-order valence-corrected chi connectivity index (χ3v) is 3.30. The SMILES string of the molecule is CC(C)OC(=O)c1ccc(N)c(OCCCc2ccccc2)c1. The van der Waals surface area contributed by atoms with E-state index in [0.29, 0.717) is 23.6 Å². The Hall–Kier alpha value is -2.49. The fourth-order valence-corrected chi connectivity index (χ4v) is 2.17. The number of aryl methyl sites for hydroxylation is 1. The van der Waals surface area contributed by atoms with Crippen LogP contribution in [-0.4, -0.2) is 18.7 Å². The monoisotopic (exact) mass is 313 g/mol. The zero-order valence-corrected chi connectivity index (χ0v) is 13.6. The van der Waals surface area contributed by atoms with Gasteiger partial charge in [0.1, 0.15) is 5.75 Å². The van der Waals surface area contributed by atoms with Crippen LogP contribution in [0.1, 0.15) is 36.2 Å². The summed E-state index contributed by atoms with van der Waals surface area (Å²) in [6.07, 6.45) is 1.66. The smallest absolute Gasteiger partial charge is 0.338 e. The fraction of sp³-hybridized carbons (Fsp3) is 0.316. The van der Waals surface area contributed by atoms with Gasteiger partial charge in [-0.2, -0.15) is 0 Å². The van der Waals surface area contributed by atoms with Crippen molar-refractivity contribution in [1.29, 1.82) is 0 Å². The van der Waals surface area contributed by atoms with E-state index in [9.17, 15) is 4.79 Å². The number of nitrogens with two attached hydrogens (primary N) is 1. The molecular weight excluding hydrogens is 290 g/mol. The Balaban J connectivity index is 1.90. The molecule has 2 rings (SSSR count). The maximum Gasteiger partial charge on any atom is 0.338 e. The van der Waals surface area contributed by atoms with Crippen LogP contribution in [0.2, 0.25) is 0 Å². The molecule has 2 aromatic carbocycles. The van der Waals surface area contributed by atoms with Crippen molar-refractivity contribution in [3.63, 3.8) is 0 Å². The second-order valence-electron chi connectivity index (χ2n) is 5.64. The summed E-state index contributed by atoms with van der Waals surface area (Å²) in [5.74, 6) is 0.158. The lowest BCUT2D eigenvalue weighted by atomic mass is 10.1. The number of hydrogen-bond acceptors (Lipinski definition) is 4. The van der Waals surface area contributed by atoms with E-state index in [1.54, 1.807) is 18.2 Å². The van der Waals surface area contributed by atoms with Crippen LogP contribution in [0.5, 0.6) is 5.75 Å². The average Bonchev–Trinajstić information content (AvgIpc) is 2.53. The van der Waals surface area contributed by atoms with E-state index < -0.39 is 0 Å². The topological polar surface area (TPSA) is 61.5 Å². The molecule has 0 aromatic heterocycles. The Morgan fingerprint density at radius 3 is 2.57 bits per heavy atom. The van der Waals surface area contributed by atoms with E-state index in [-0.39, 0.29) is 12.1 Å². The van der Waals surface area contributed by atoms with Gasteiger partial charge in [-0.05, 0) is 50.5 Å². The molecule has 0 saturated heterocycles. The first kappa shape index (κ1) is 16.9. The van der Waals surface area contributed by atoms with Gasteiger partial charge in [-0.15, -0.1) is 0 Å². The molecule has 23 heavy (non-hydrogen) atoms. The summed E-state index contributed by atoms with van der Waals surface area (Å²) < 4.78 is 10.9. The van der Waals surface area contributed by atoms with Crippen molar-refractivity contribution in [2.45, 2.75) is 32.8 Å². The summed E-state index contributed by atoms with van der Waals surface area (Å²) in [6.45, 7) is 4.17. The van der Waals surface area contributed by atoms with Gasteiger partial charge in [0.2, 0.25) is 0 Å². The molecule has 4 nitrogen and oxygen atoms in total. The Morgan fingerprint density at radius 2 is 1.87 bits per heavy atom. The Kier molecular flexibility index (Phi) is 6.03. The first-order valence-corrected chi connectivity index (χ1v) is 7.83. The van der Waals surface area contributed by atoms with Crippen LogP contribution in [-0.2, 0) is 11.2 Å². The number of esters is 1. The number of ether oxygens (including phenoxy) is 2. The molecule has 2 N–H and O–H groups in total. The lowest BCUT2D eigenvalue weighted by molar-refractivity contribution is 0.0377. The predicted octanol–water partition coefficient (Wildman–Crippen LogP) is 3.85. The zero-order chi connectivity index (χ0) is 16.7. The third-order valence-electron chi connectivity index (χ3n) is 3.30. The average molecular weight is 313 g/mol. The summed E-state index contributed by atoms with van der Waals surface area (Å²) in [4.78, 5) is 11.9. The molecule has 0 aliphatic rings. The van der Waals surface area contributed by atoms with E-state index in [4.69, 9.17) is 15.2 Å². The highest BCUT2D eigenvalue weighted by molar-refractivity contribution is 5.90. The van der Waals surface area contributed by atoms with Crippen LogP contribution < -0.4 is 10.5 Å². The maximum absolute atomic E-state index is 11.9. The molecule has 0 unspecified atom stereocenters. The summed E-state index contributed by atoms with van der Waals surface area (Å²) in [5, 5.41) is 0. The number of anilines is 1. The van der Waals surface area contributed by atoms with Crippen LogP contribution in [0.15, 0.2) is 48.5 Å². The van der Waals surface area contributed by atoms with Gasteiger partial charge >= 0.3 is 5.97 Å². The van der Waals surface area contributed by atoms with E-state index in [0.717, 1.165) is 12.8 Å². The normalized spacial score (nSPS) is 10.6. The molecule has 122 valence electrons. The molecule has 0 bridgehead atoms. The minimum Gasteiger partial charge on any atom is -0.491 e. The van der Waals surface area contributed by atoms with Crippen LogP contribution in [0, 0.1) is 0 Å². The Labute approximate surface area is 137 Å². The van der Waals surface area contributed by atoms with Crippen LogP contribution in [0.4, 0.5) is 5.69 Å². The summed E-state index contributed by atoms with van der Waals surface area (Å²) >= 11 is 0. The van der Waals surface area contributed by atoms with Crippen molar-refractivity contribution in [2.24, 2.45) is 0 Å². The van der Waals surface area contributed by atoms with Gasteiger partial charge in [0.05, 0.1) is 24.0 Å². The van der Waals surface area contributed by atoms with Gasteiger partial charge in [-0.1, -0.05) is 30.3 Å². The molecule has 0 radical (unpaired) electrons. The van der Waals surface area contributed by atoms with E-state index in [2.05, 4.69) is 12.1 Å². The second kappa shape index (κ2) is 8.22. The highest BCUT2D eigenvalue weighted by Gasteiger charge is 2.12. The highest BCUT2D eigenvalue weighted by Crippen LogP contribution is 2.23. The lowest BCUT2D eigenvalue weighted by Crippen LogP contribution is -2.12. The molecule has 4 heteroatoms. The number of rotatable bonds is 7. The van der Waals surface area contributed by atoms with Crippen molar-refractivity contribution in [1.82, 2.24) is 0 Å². The standard InChI is InChI=1S/C19H23NO3/c1-14(2)23-19(21)16-10-11-17(20)18(13-16)22-12-6-9-15-7-4-3-5-8-15/h3-5,7-8,10-11,13-14H,6,9,12,20H2,1-2H3. The third kappa shape index (κ3) is 5.33. The van der Waals surface area contributed by atoms with Gasteiger partial charge in [0, 0.05) is 0 Å². The fourth-order valence-electron chi connectivity index (χ4n) is 2.17. The van der Waals surface area contributed by atoms with Gasteiger partial charge in [0.15, 0.2) is 0 Å². The van der Waals surface area contributed by atoms with E-state index in [1.165, 1.54) is 5.56 Å². The predicted molar refractivity (Wildman–Crippen MR) is 91.7 cm³/mol. The number of hydrogen-bond donors (Lipinski definition) is 1. The van der Waals surface area contributed by atoms with Crippen molar-refractivity contribution in [2.75, 3.05) is 12.3 Å². The summed E-state index contributed by atoms with van der Waals surface area (Å²) in [6, 6.07) is 15.2. The van der Waals surface area contributed by atoms with Crippen molar-refractivity contribution < 1.29 is 14.3 Å². The minimum atomic E-state index is -0.367. The summed E-state index contributed by atoms with van der Waals surface area (Å²) in [5.41, 5.74) is 8.15. The molecule has 0 fully saturated rings. The second-order valence-corrected chi connectivity index (χ2v) is 5.64. The van der Waals surface area contributed by atoms with E-state index in [1.807, 2.05) is 32.0 Å². The maximum atomic E-state index is 11.9. The molecule has 0 aliphatic carbocycles. The van der Waals surface area contributed by atoms with Crippen LogP contribution in [0.3, 0.4) is 0 Å². The van der Waals surface area contributed by atoms with Gasteiger partial charge in [-0.25, -0.2) is 4.79 Å². The number of carbonyl (C=O) groups is 1. The van der Waals surface area contributed by atoms with Gasteiger partial charge in [0.25, 0.3) is 0 Å². The van der Waals surface area contributed by atoms with E-state index >= 15 is 0 Å². The molecule has 2 aromatic rings. The zero-order valence-electron chi connectivity index (χ0n) is 13.6. The first-order valence-electron chi connectivity index (χ1n) is 7.83. The van der Waals surface area contributed by atoms with Crippen molar-refractivity contribution >= 4 is 11.7 Å². The molecular formula is C19H23NO3. The molecule has 0 atom stereocenters. The molecule has 0 saturated carbocycles.